The van der Waals surface area contributed by atoms with E-state index >= 15 is 0 Å². The third-order valence-corrected chi connectivity index (χ3v) is 6.28. The highest BCUT2D eigenvalue weighted by molar-refractivity contribution is 5.76. The molecule has 7 nitrogen and oxygen atoms in total. The largest absolute Gasteiger partial charge is 0.343 e. The molecule has 0 bridgehead atoms. The molecule has 0 aromatic heterocycles. The molecule has 0 aromatic carbocycles. The second-order valence-corrected chi connectivity index (χ2v) is 8.16. The van der Waals surface area contributed by atoms with Crippen LogP contribution < -0.4 is 0 Å². The van der Waals surface area contributed by atoms with E-state index in [2.05, 4.69) is 21.7 Å². The quantitative estimate of drug-likeness (QED) is 0.602. The molecule has 0 saturated carbocycles. The Morgan fingerprint density at radius 1 is 0.885 bits per heavy atom. The number of hydrogen-bond donors (Lipinski definition) is 0. The van der Waals surface area contributed by atoms with Crippen LogP contribution in [0.25, 0.3) is 0 Å². The number of rotatable bonds is 6. The van der Waals surface area contributed by atoms with Gasteiger partial charge in [0.2, 0.25) is 12.3 Å². The summed E-state index contributed by atoms with van der Waals surface area (Å²) in [5.74, 6) is 1.13. The van der Waals surface area contributed by atoms with Crippen LogP contribution in [0.3, 0.4) is 0 Å². The molecule has 3 aliphatic rings. The van der Waals surface area contributed by atoms with Gasteiger partial charge in [0, 0.05) is 71.9 Å². The van der Waals surface area contributed by atoms with Crippen LogP contribution in [0.4, 0.5) is 0 Å². The lowest BCUT2D eigenvalue weighted by Gasteiger charge is -2.38. The van der Waals surface area contributed by atoms with E-state index in [-0.39, 0.29) is 0 Å². The third kappa shape index (κ3) is 5.66. The number of piperazine rings is 2. The third-order valence-electron chi connectivity index (χ3n) is 6.28. The van der Waals surface area contributed by atoms with Gasteiger partial charge in [-0.3, -0.25) is 19.4 Å². The molecule has 0 aliphatic carbocycles. The summed E-state index contributed by atoms with van der Waals surface area (Å²) in [7, 11) is 2.21. The summed E-state index contributed by atoms with van der Waals surface area (Å²) < 4.78 is 0. The van der Waals surface area contributed by atoms with Crippen LogP contribution in [0.15, 0.2) is 0 Å². The first-order valence-electron chi connectivity index (χ1n) is 10.2. The van der Waals surface area contributed by atoms with Gasteiger partial charge >= 0.3 is 0 Å². The van der Waals surface area contributed by atoms with E-state index in [4.69, 9.17) is 0 Å². The Morgan fingerprint density at radius 3 is 2.12 bits per heavy atom. The molecule has 0 N–H and O–H groups in total. The average Bonchev–Trinajstić information content (AvgIpc) is 2.69. The van der Waals surface area contributed by atoms with Gasteiger partial charge in [0.25, 0.3) is 0 Å². The molecule has 3 heterocycles. The number of likely N-dealkylation sites (tertiary alicyclic amines) is 1. The van der Waals surface area contributed by atoms with E-state index in [0.717, 1.165) is 71.2 Å². The Labute approximate surface area is 157 Å². The van der Waals surface area contributed by atoms with Crippen LogP contribution in [0, 0.1) is 5.92 Å². The fourth-order valence-corrected chi connectivity index (χ4v) is 4.29. The zero-order chi connectivity index (χ0) is 18.4. The van der Waals surface area contributed by atoms with Crippen LogP contribution in [0.2, 0.25) is 0 Å². The molecule has 3 saturated heterocycles. The smallest absolute Gasteiger partial charge is 0.223 e. The van der Waals surface area contributed by atoms with E-state index < -0.39 is 0 Å². The Hall–Kier alpha value is -1.18. The maximum atomic E-state index is 12.5. The fraction of sp³-hybridized carbons (Fsp3) is 0.895. The van der Waals surface area contributed by atoms with Crippen molar-refractivity contribution in [3.05, 3.63) is 0 Å². The van der Waals surface area contributed by atoms with Crippen molar-refractivity contribution in [3.63, 3.8) is 0 Å². The number of amides is 2. The molecular weight excluding hydrogens is 330 g/mol. The standard InChI is InChI=1S/C19H35N5O2/c1-20-5-2-18(3-6-20)16-22-12-14-24(15-13-22)19(26)4-7-21-8-10-23(17-25)11-9-21/h17-18H,2-16H2,1H3. The summed E-state index contributed by atoms with van der Waals surface area (Å²) in [5.41, 5.74) is 0. The van der Waals surface area contributed by atoms with Crippen LogP contribution in [0.1, 0.15) is 19.3 Å². The Kier molecular flexibility index (Phi) is 7.28. The van der Waals surface area contributed by atoms with Crippen molar-refractivity contribution < 1.29 is 9.59 Å². The van der Waals surface area contributed by atoms with Gasteiger partial charge in [-0.25, -0.2) is 0 Å². The lowest BCUT2D eigenvalue weighted by molar-refractivity contribution is -0.133. The average molecular weight is 366 g/mol. The van der Waals surface area contributed by atoms with Gasteiger partial charge in [0.15, 0.2) is 0 Å². The second-order valence-electron chi connectivity index (χ2n) is 8.16. The normalized spacial score (nSPS) is 24.8. The van der Waals surface area contributed by atoms with Crippen molar-refractivity contribution in [2.75, 3.05) is 85.6 Å². The zero-order valence-electron chi connectivity index (χ0n) is 16.3. The van der Waals surface area contributed by atoms with Crippen molar-refractivity contribution in [2.24, 2.45) is 5.92 Å². The number of carbonyl (C=O) groups is 2. The molecular formula is C19H35N5O2. The molecule has 3 fully saturated rings. The summed E-state index contributed by atoms with van der Waals surface area (Å²) in [4.78, 5) is 34.4. The van der Waals surface area contributed by atoms with E-state index in [1.807, 2.05) is 9.80 Å². The summed E-state index contributed by atoms with van der Waals surface area (Å²) >= 11 is 0. The molecule has 26 heavy (non-hydrogen) atoms. The molecule has 0 aromatic rings. The predicted octanol–water partition coefficient (Wildman–Crippen LogP) is -0.363. The van der Waals surface area contributed by atoms with E-state index in [1.165, 1.54) is 32.5 Å². The van der Waals surface area contributed by atoms with Gasteiger partial charge in [-0.2, -0.15) is 0 Å². The number of hydrogen-bond acceptors (Lipinski definition) is 5. The minimum Gasteiger partial charge on any atom is -0.343 e. The van der Waals surface area contributed by atoms with Gasteiger partial charge in [-0.1, -0.05) is 0 Å². The molecule has 2 amide bonds. The highest BCUT2D eigenvalue weighted by Gasteiger charge is 2.25. The molecule has 0 spiro atoms. The molecule has 3 rings (SSSR count). The Balaban J connectivity index is 1.30. The van der Waals surface area contributed by atoms with E-state index in [1.54, 1.807) is 0 Å². The van der Waals surface area contributed by atoms with Crippen LogP contribution in [-0.2, 0) is 9.59 Å². The lowest BCUT2D eigenvalue weighted by Crippen LogP contribution is -2.51. The first-order chi connectivity index (χ1) is 12.6. The van der Waals surface area contributed by atoms with E-state index in [9.17, 15) is 9.59 Å². The molecule has 0 unspecified atom stereocenters. The highest BCUT2D eigenvalue weighted by atomic mass is 16.2. The van der Waals surface area contributed by atoms with Crippen LogP contribution in [0.5, 0.6) is 0 Å². The summed E-state index contributed by atoms with van der Waals surface area (Å²) in [6.07, 6.45) is 4.16. The molecule has 0 atom stereocenters. The summed E-state index contributed by atoms with van der Waals surface area (Å²) in [5, 5.41) is 0. The van der Waals surface area contributed by atoms with Gasteiger partial charge in [-0.05, 0) is 38.9 Å². The van der Waals surface area contributed by atoms with Crippen molar-refractivity contribution in [2.45, 2.75) is 19.3 Å². The van der Waals surface area contributed by atoms with Crippen molar-refractivity contribution in [1.29, 1.82) is 0 Å². The van der Waals surface area contributed by atoms with Gasteiger partial charge in [-0.15, -0.1) is 0 Å². The number of carbonyl (C=O) groups excluding carboxylic acids is 2. The van der Waals surface area contributed by atoms with Crippen molar-refractivity contribution in [3.8, 4) is 0 Å². The first-order valence-corrected chi connectivity index (χ1v) is 10.2. The monoisotopic (exact) mass is 365 g/mol. The molecule has 148 valence electrons. The van der Waals surface area contributed by atoms with Crippen LogP contribution in [-0.4, -0.2) is 122 Å². The minimum atomic E-state index is 0.293. The van der Waals surface area contributed by atoms with Gasteiger partial charge in [0.1, 0.15) is 0 Å². The predicted molar refractivity (Wildman–Crippen MR) is 102 cm³/mol. The fourth-order valence-electron chi connectivity index (χ4n) is 4.29. The van der Waals surface area contributed by atoms with Crippen LogP contribution >= 0.6 is 0 Å². The number of piperidine rings is 1. The van der Waals surface area contributed by atoms with E-state index in [0.29, 0.717) is 12.3 Å². The Bertz CT molecular complexity index is 451. The maximum absolute atomic E-state index is 12.5. The minimum absolute atomic E-state index is 0.293. The molecule has 7 heteroatoms. The van der Waals surface area contributed by atoms with Crippen molar-refractivity contribution in [1.82, 2.24) is 24.5 Å². The highest BCUT2D eigenvalue weighted by Crippen LogP contribution is 2.18. The maximum Gasteiger partial charge on any atom is 0.223 e. The van der Waals surface area contributed by atoms with Crippen molar-refractivity contribution >= 4 is 12.3 Å². The Morgan fingerprint density at radius 2 is 1.50 bits per heavy atom. The lowest BCUT2D eigenvalue weighted by atomic mass is 9.96. The SMILES string of the molecule is CN1CCC(CN2CCN(C(=O)CCN3CCN(C=O)CC3)CC2)CC1. The summed E-state index contributed by atoms with van der Waals surface area (Å²) in [6, 6.07) is 0. The van der Waals surface area contributed by atoms with Gasteiger partial charge < -0.3 is 14.7 Å². The zero-order valence-corrected chi connectivity index (χ0v) is 16.3. The second kappa shape index (κ2) is 9.67. The molecule has 0 radical (unpaired) electrons. The summed E-state index contributed by atoms with van der Waals surface area (Å²) in [6.45, 7) is 11.6. The first kappa shape index (κ1) is 19.6. The molecule has 3 aliphatic heterocycles. The number of nitrogens with zero attached hydrogens (tertiary/aromatic N) is 5. The van der Waals surface area contributed by atoms with Gasteiger partial charge in [0.05, 0.1) is 0 Å². The topological polar surface area (TPSA) is 50.3 Å².